The van der Waals surface area contributed by atoms with E-state index in [4.69, 9.17) is 0 Å². The summed E-state index contributed by atoms with van der Waals surface area (Å²) < 4.78 is 1.96. The highest BCUT2D eigenvalue weighted by atomic mass is 15.4. The maximum Gasteiger partial charge on any atom is 0.0827 e. The molecule has 0 bridgehead atoms. The second-order valence-corrected chi connectivity index (χ2v) is 5.39. The maximum absolute atomic E-state index is 4.21. The van der Waals surface area contributed by atoms with Crippen LogP contribution in [0.5, 0.6) is 0 Å². The molecule has 106 valence electrons. The number of nitrogens with one attached hydrogen (secondary N) is 1. The number of rotatable bonds is 10. The van der Waals surface area contributed by atoms with Crippen molar-refractivity contribution in [1.82, 2.24) is 20.3 Å². The van der Waals surface area contributed by atoms with Crippen LogP contribution in [0.1, 0.15) is 53.6 Å². The standard InChI is InChI=1S/C14H28N4.H2/c1-4-5-9-15-10-7-6-8-14-12-18(17-16-14)11-13(2)3;/h12-13,15H,4-11H2,1-3H3;1H. The summed E-state index contributed by atoms with van der Waals surface area (Å²) in [5.41, 5.74) is 1.13. The van der Waals surface area contributed by atoms with Crippen molar-refractivity contribution in [2.24, 2.45) is 5.92 Å². The van der Waals surface area contributed by atoms with E-state index in [9.17, 15) is 0 Å². The summed E-state index contributed by atoms with van der Waals surface area (Å²) in [5, 5.41) is 11.8. The van der Waals surface area contributed by atoms with Gasteiger partial charge in [-0.25, -0.2) is 0 Å². The van der Waals surface area contributed by atoms with E-state index in [2.05, 4.69) is 42.6 Å². The lowest BCUT2D eigenvalue weighted by molar-refractivity contribution is 0.472. The molecule has 0 unspecified atom stereocenters. The molecule has 1 N–H and O–H groups in total. The van der Waals surface area contributed by atoms with Gasteiger partial charge >= 0.3 is 0 Å². The molecule has 0 saturated heterocycles. The summed E-state index contributed by atoms with van der Waals surface area (Å²) >= 11 is 0. The maximum atomic E-state index is 4.21. The average molecular weight is 254 g/mol. The molecule has 18 heavy (non-hydrogen) atoms. The van der Waals surface area contributed by atoms with Gasteiger partial charge in [0.15, 0.2) is 0 Å². The number of hydrogen-bond donors (Lipinski definition) is 1. The molecule has 0 saturated carbocycles. The molecule has 0 aromatic carbocycles. The van der Waals surface area contributed by atoms with Crippen LogP contribution in [-0.4, -0.2) is 28.1 Å². The molecule has 0 radical (unpaired) electrons. The smallest absolute Gasteiger partial charge is 0.0827 e. The molecular formula is C14H30N4. The van der Waals surface area contributed by atoms with Crippen molar-refractivity contribution in [1.29, 1.82) is 0 Å². The zero-order chi connectivity index (χ0) is 13.2. The van der Waals surface area contributed by atoms with E-state index in [1.54, 1.807) is 0 Å². The molecular weight excluding hydrogens is 224 g/mol. The van der Waals surface area contributed by atoms with Crippen molar-refractivity contribution in [2.75, 3.05) is 13.1 Å². The Labute approximate surface area is 113 Å². The molecule has 0 fully saturated rings. The zero-order valence-electron chi connectivity index (χ0n) is 12.2. The van der Waals surface area contributed by atoms with Gasteiger partial charge in [0.25, 0.3) is 0 Å². The fourth-order valence-electron chi connectivity index (χ4n) is 1.90. The minimum absolute atomic E-state index is 0. The summed E-state index contributed by atoms with van der Waals surface area (Å²) in [6.07, 6.45) is 8.10. The Morgan fingerprint density at radius 3 is 2.78 bits per heavy atom. The third-order valence-electron chi connectivity index (χ3n) is 2.88. The largest absolute Gasteiger partial charge is 0.317 e. The van der Waals surface area contributed by atoms with Gasteiger partial charge in [0.2, 0.25) is 0 Å². The quantitative estimate of drug-likeness (QED) is 0.653. The van der Waals surface area contributed by atoms with Gasteiger partial charge in [-0.2, -0.15) is 0 Å². The molecule has 4 heteroatoms. The summed E-state index contributed by atoms with van der Waals surface area (Å²) in [5.74, 6) is 0.627. The molecule has 1 rings (SSSR count). The minimum Gasteiger partial charge on any atom is -0.317 e. The lowest BCUT2D eigenvalue weighted by atomic mass is 10.2. The van der Waals surface area contributed by atoms with E-state index in [-0.39, 0.29) is 1.43 Å². The predicted octanol–water partition coefficient (Wildman–Crippen LogP) is 2.89. The Kier molecular flexibility index (Phi) is 7.65. The SMILES string of the molecule is CCCCNCCCCc1cn(CC(C)C)nn1.[HH]. The van der Waals surface area contributed by atoms with Crippen LogP contribution in [0.4, 0.5) is 0 Å². The Balaban J connectivity index is 0.00000324. The first-order chi connectivity index (χ1) is 8.72. The van der Waals surface area contributed by atoms with Crippen molar-refractivity contribution in [3.63, 3.8) is 0 Å². The lowest BCUT2D eigenvalue weighted by Gasteiger charge is -2.03. The third kappa shape index (κ3) is 6.74. The minimum atomic E-state index is 0. The predicted molar refractivity (Wildman–Crippen MR) is 77.7 cm³/mol. The number of nitrogens with zero attached hydrogens (tertiary/aromatic N) is 3. The highest BCUT2D eigenvalue weighted by Gasteiger charge is 2.02. The first-order valence-electron chi connectivity index (χ1n) is 7.32. The van der Waals surface area contributed by atoms with Crippen LogP contribution in [0.3, 0.4) is 0 Å². The van der Waals surface area contributed by atoms with Gasteiger partial charge in [0.05, 0.1) is 5.69 Å². The van der Waals surface area contributed by atoms with Crippen LogP contribution < -0.4 is 5.32 Å². The second kappa shape index (κ2) is 9.09. The highest BCUT2D eigenvalue weighted by Crippen LogP contribution is 2.03. The molecule has 4 nitrogen and oxygen atoms in total. The van der Waals surface area contributed by atoms with Gasteiger partial charge in [0.1, 0.15) is 0 Å². The molecule has 0 atom stereocenters. The molecule has 1 aromatic rings. The van der Waals surface area contributed by atoms with Gasteiger partial charge < -0.3 is 5.32 Å². The molecule has 0 aliphatic heterocycles. The van der Waals surface area contributed by atoms with E-state index in [0.717, 1.165) is 31.7 Å². The first-order valence-corrected chi connectivity index (χ1v) is 7.32. The zero-order valence-corrected chi connectivity index (χ0v) is 12.2. The fraction of sp³-hybridized carbons (Fsp3) is 0.857. The van der Waals surface area contributed by atoms with E-state index < -0.39 is 0 Å². The van der Waals surface area contributed by atoms with Gasteiger partial charge in [0, 0.05) is 14.2 Å². The normalized spacial score (nSPS) is 11.3. The summed E-state index contributed by atoms with van der Waals surface area (Å²) in [4.78, 5) is 0. The average Bonchev–Trinajstić information content (AvgIpc) is 2.75. The van der Waals surface area contributed by atoms with Gasteiger partial charge in [-0.05, 0) is 44.7 Å². The van der Waals surface area contributed by atoms with Gasteiger partial charge in [-0.15, -0.1) is 5.10 Å². The van der Waals surface area contributed by atoms with E-state index >= 15 is 0 Å². The van der Waals surface area contributed by atoms with E-state index in [1.165, 1.54) is 25.7 Å². The van der Waals surface area contributed by atoms with Gasteiger partial charge in [-0.3, -0.25) is 4.68 Å². The summed E-state index contributed by atoms with van der Waals surface area (Å²) in [7, 11) is 0. The summed E-state index contributed by atoms with van der Waals surface area (Å²) in [6, 6.07) is 0. The Morgan fingerprint density at radius 2 is 2.06 bits per heavy atom. The van der Waals surface area contributed by atoms with Crippen LogP contribution in [0.25, 0.3) is 0 Å². The van der Waals surface area contributed by atoms with E-state index in [0.29, 0.717) is 5.92 Å². The Hall–Kier alpha value is -0.900. The second-order valence-electron chi connectivity index (χ2n) is 5.39. The van der Waals surface area contributed by atoms with E-state index in [1.807, 2.05) is 4.68 Å². The van der Waals surface area contributed by atoms with Crippen LogP contribution in [0.2, 0.25) is 0 Å². The van der Waals surface area contributed by atoms with Crippen LogP contribution in [0.15, 0.2) is 6.20 Å². The van der Waals surface area contributed by atoms with Gasteiger partial charge in [-0.1, -0.05) is 32.4 Å². The Bertz CT molecular complexity index is 312. The van der Waals surface area contributed by atoms with Crippen molar-refractivity contribution < 1.29 is 1.43 Å². The van der Waals surface area contributed by atoms with Crippen molar-refractivity contribution in [3.05, 3.63) is 11.9 Å². The summed E-state index contributed by atoms with van der Waals surface area (Å²) in [6.45, 7) is 9.86. The van der Waals surface area contributed by atoms with Crippen LogP contribution in [0, 0.1) is 5.92 Å². The van der Waals surface area contributed by atoms with Crippen LogP contribution in [-0.2, 0) is 13.0 Å². The lowest BCUT2D eigenvalue weighted by Crippen LogP contribution is -2.16. The molecule has 0 spiro atoms. The number of aryl methyl sites for hydroxylation is 1. The Morgan fingerprint density at radius 1 is 1.28 bits per heavy atom. The number of aromatic nitrogens is 3. The molecule has 0 amide bonds. The molecule has 0 aliphatic rings. The molecule has 1 heterocycles. The van der Waals surface area contributed by atoms with Crippen molar-refractivity contribution in [2.45, 2.75) is 59.4 Å². The topological polar surface area (TPSA) is 42.7 Å². The number of unbranched alkanes of at least 4 members (excludes halogenated alkanes) is 2. The monoisotopic (exact) mass is 254 g/mol. The third-order valence-corrected chi connectivity index (χ3v) is 2.88. The van der Waals surface area contributed by atoms with Crippen molar-refractivity contribution >= 4 is 0 Å². The number of hydrogen-bond acceptors (Lipinski definition) is 3. The van der Waals surface area contributed by atoms with Crippen LogP contribution >= 0.6 is 0 Å². The molecule has 1 aromatic heterocycles. The highest BCUT2D eigenvalue weighted by molar-refractivity contribution is 4.92. The fourth-order valence-corrected chi connectivity index (χ4v) is 1.90. The van der Waals surface area contributed by atoms with Crippen molar-refractivity contribution in [3.8, 4) is 0 Å². The first kappa shape index (κ1) is 15.2. The molecule has 0 aliphatic carbocycles.